The van der Waals surface area contributed by atoms with Crippen LogP contribution in [0.1, 0.15) is 54.8 Å². The van der Waals surface area contributed by atoms with E-state index in [1.807, 2.05) is 12.1 Å². The number of hydrogen-bond donors (Lipinski definition) is 2. The van der Waals surface area contributed by atoms with Crippen molar-refractivity contribution in [2.45, 2.75) is 51.0 Å². The quantitative estimate of drug-likeness (QED) is 0.900. The highest BCUT2D eigenvalue weighted by molar-refractivity contribution is 5.92. The average molecular weight is 311 g/mol. The molecule has 2 N–H and O–H groups in total. The molecule has 4 rings (SSSR count). The van der Waals surface area contributed by atoms with Gasteiger partial charge in [-0.05, 0) is 49.4 Å². The molecule has 5 nitrogen and oxygen atoms in total. The van der Waals surface area contributed by atoms with Gasteiger partial charge in [0.15, 0.2) is 0 Å². The van der Waals surface area contributed by atoms with Crippen molar-refractivity contribution in [3.8, 4) is 0 Å². The number of hydrogen-bond acceptors (Lipinski definition) is 4. The Bertz CT molecular complexity index is 719. The van der Waals surface area contributed by atoms with Gasteiger partial charge in [-0.3, -0.25) is 4.79 Å². The van der Waals surface area contributed by atoms with E-state index in [0.717, 1.165) is 42.0 Å². The molecule has 1 aliphatic heterocycles. The molecular formula is C18H21N3O2. The predicted octanol–water partition coefficient (Wildman–Crippen LogP) is 3.83. The van der Waals surface area contributed by atoms with Gasteiger partial charge in [0, 0.05) is 35.8 Å². The van der Waals surface area contributed by atoms with Gasteiger partial charge in [-0.1, -0.05) is 11.6 Å². The zero-order valence-electron chi connectivity index (χ0n) is 13.1. The third kappa shape index (κ3) is 2.96. The molecule has 2 aromatic rings. The van der Waals surface area contributed by atoms with Crippen LogP contribution in [0.25, 0.3) is 0 Å². The van der Waals surface area contributed by atoms with Crippen LogP contribution in [0, 0.1) is 0 Å². The van der Waals surface area contributed by atoms with Crippen LogP contribution in [-0.2, 0) is 17.8 Å². The van der Waals surface area contributed by atoms with Crippen LogP contribution in [0.15, 0.2) is 29.0 Å². The standard InChI is InChI=1S/C18H21N3O2/c22-17-6-2-5-13-9-15(7-8-16(13)20-17)19-10-14-11-23-21-18(14)12-3-1-4-12/h7-9,11-12,19H,1-6,10H2,(H,20,22). The van der Waals surface area contributed by atoms with E-state index in [4.69, 9.17) is 4.52 Å². The summed E-state index contributed by atoms with van der Waals surface area (Å²) in [5.41, 5.74) is 5.48. The van der Waals surface area contributed by atoms with E-state index in [9.17, 15) is 4.79 Å². The lowest BCUT2D eigenvalue weighted by molar-refractivity contribution is -0.116. The smallest absolute Gasteiger partial charge is 0.224 e. The second-order valence-electron chi connectivity index (χ2n) is 6.48. The van der Waals surface area contributed by atoms with Gasteiger partial charge in [-0.15, -0.1) is 0 Å². The van der Waals surface area contributed by atoms with E-state index in [1.165, 1.54) is 24.8 Å². The van der Waals surface area contributed by atoms with E-state index in [2.05, 4.69) is 21.9 Å². The first-order valence-corrected chi connectivity index (χ1v) is 8.39. The molecule has 0 saturated heterocycles. The molecule has 1 aromatic heterocycles. The number of carbonyl (C=O) groups excluding carboxylic acids is 1. The number of anilines is 2. The summed E-state index contributed by atoms with van der Waals surface area (Å²) >= 11 is 0. The first kappa shape index (κ1) is 14.3. The summed E-state index contributed by atoms with van der Waals surface area (Å²) in [5.74, 6) is 0.687. The van der Waals surface area contributed by atoms with Crippen molar-refractivity contribution in [1.82, 2.24) is 5.16 Å². The largest absolute Gasteiger partial charge is 0.381 e. The summed E-state index contributed by atoms with van der Waals surface area (Å²) < 4.78 is 5.17. The van der Waals surface area contributed by atoms with Gasteiger partial charge in [0.1, 0.15) is 6.26 Å². The SMILES string of the molecule is O=C1CCCc2cc(NCc3conc3C3CCC3)ccc2N1. The minimum Gasteiger partial charge on any atom is -0.381 e. The Morgan fingerprint density at radius 3 is 3.00 bits per heavy atom. The first-order chi connectivity index (χ1) is 11.3. The van der Waals surface area contributed by atoms with Gasteiger partial charge >= 0.3 is 0 Å². The highest BCUT2D eigenvalue weighted by Crippen LogP contribution is 2.37. The molecule has 0 radical (unpaired) electrons. The van der Waals surface area contributed by atoms with Crippen LogP contribution >= 0.6 is 0 Å². The molecule has 1 amide bonds. The number of rotatable bonds is 4. The number of nitrogens with one attached hydrogen (secondary N) is 2. The van der Waals surface area contributed by atoms with Crippen LogP contribution in [-0.4, -0.2) is 11.1 Å². The minimum absolute atomic E-state index is 0.110. The lowest BCUT2D eigenvalue weighted by Crippen LogP contribution is -2.12. The van der Waals surface area contributed by atoms with E-state index in [1.54, 1.807) is 6.26 Å². The number of aromatic nitrogens is 1. The average Bonchev–Trinajstić information content (AvgIpc) is 2.84. The lowest BCUT2D eigenvalue weighted by atomic mass is 9.81. The Morgan fingerprint density at radius 2 is 2.17 bits per heavy atom. The summed E-state index contributed by atoms with van der Waals surface area (Å²) in [4.78, 5) is 11.6. The van der Waals surface area contributed by atoms with Gasteiger partial charge < -0.3 is 15.2 Å². The maximum absolute atomic E-state index is 11.6. The van der Waals surface area contributed by atoms with Crippen LogP contribution in [0.2, 0.25) is 0 Å². The fraction of sp³-hybridized carbons (Fsp3) is 0.444. The number of nitrogens with zero attached hydrogens (tertiary/aromatic N) is 1. The highest BCUT2D eigenvalue weighted by Gasteiger charge is 2.25. The highest BCUT2D eigenvalue weighted by atomic mass is 16.5. The van der Waals surface area contributed by atoms with Crippen LogP contribution < -0.4 is 10.6 Å². The van der Waals surface area contributed by atoms with Crippen LogP contribution in [0.5, 0.6) is 0 Å². The predicted molar refractivity (Wildman–Crippen MR) is 88.4 cm³/mol. The zero-order chi connectivity index (χ0) is 15.6. The number of benzene rings is 1. The van der Waals surface area contributed by atoms with Crippen molar-refractivity contribution >= 4 is 17.3 Å². The number of aryl methyl sites for hydroxylation is 1. The molecule has 1 saturated carbocycles. The summed E-state index contributed by atoms with van der Waals surface area (Å²) in [7, 11) is 0. The monoisotopic (exact) mass is 311 g/mol. The Kier molecular flexibility index (Phi) is 3.77. The maximum Gasteiger partial charge on any atom is 0.224 e. The minimum atomic E-state index is 0.110. The van der Waals surface area contributed by atoms with Gasteiger partial charge in [-0.25, -0.2) is 0 Å². The molecule has 1 aromatic carbocycles. The van der Waals surface area contributed by atoms with Crippen molar-refractivity contribution in [2.75, 3.05) is 10.6 Å². The Labute approximate surface area is 135 Å². The number of amides is 1. The van der Waals surface area contributed by atoms with Crippen molar-refractivity contribution < 1.29 is 9.32 Å². The van der Waals surface area contributed by atoms with Crippen LogP contribution in [0.3, 0.4) is 0 Å². The second kappa shape index (κ2) is 6.07. The molecule has 2 aliphatic rings. The van der Waals surface area contributed by atoms with Crippen molar-refractivity contribution in [1.29, 1.82) is 0 Å². The Hall–Kier alpha value is -2.30. The van der Waals surface area contributed by atoms with Gasteiger partial charge in [-0.2, -0.15) is 0 Å². The van der Waals surface area contributed by atoms with Gasteiger partial charge in [0.25, 0.3) is 0 Å². The summed E-state index contributed by atoms with van der Waals surface area (Å²) in [5, 5.41) is 10.6. The van der Waals surface area contributed by atoms with Gasteiger partial charge in [0.2, 0.25) is 5.91 Å². The second-order valence-corrected chi connectivity index (χ2v) is 6.48. The normalized spacial score (nSPS) is 17.8. The molecule has 5 heteroatoms. The van der Waals surface area contributed by atoms with E-state index < -0.39 is 0 Å². The van der Waals surface area contributed by atoms with E-state index >= 15 is 0 Å². The molecule has 120 valence electrons. The molecule has 0 bridgehead atoms. The zero-order valence-corrected chi connectivity index (χ0v) is 13.1. The number of carbonyl (C=O) groups is 1. The third-order valence-electron chi connectivity index (χ3n) is 4.88. The topological polar surface area (TPSA) is 67.2 Å². The van der Waals surface area contributed by atoms with E-state index in [-0.39, 0.29) is 5.91 Å². The molecular weight excluding hydrogens is 290 g/mol. The van der Waals surface area contributed by atoms with Crippen molar-refractivity contribution in [3.63, 3.8) is 0 Å². The fourth-order valence-corrected chi connectivity index (χ4v) is 3.30. The molecule has 0 spiro atoms. The fourth-order valence-electron chi connectivity index (χ4n) is 3.30. The van der Waals surface area contributed by atoms with Gasteiger partial charge in [0.05, 0.1) is 5.69 Å². The molecule has 2 heterocycles. The van der Waals surface area contributed by atoms with E-state index in [0.29, 0.717) is 12.3 Å². The molecule has 0 atom stereocenters. The lowest BCUT2D eigenvalue weighted by Gasteiger charge is -2.24. The van der Waals surface area contributed by atoms with Crippen molar-refractivity contribution in [3.05, 3.63) is 41.3 Å². The van der Waals surface area contributed by atoms with Crippen LogP contribution in [0.4, 0.5) is 11.4 Å². The summed E-state index contributed by atoms with van der Waals surface area (Å²) in [6, 6.07) is 6.14. The maximum atomic E-state index is 11.6. The van der Waals surface area contributed by atoms with Crippen molar-refractivity contribution in [2.24, 2.45) is 0 Å². The molecule has 1 aliphatic carbocycles. The molecule has 0 unspecified atom stereocenters. The first-order valence-electron chi connectivity index (χ1n) is 8.39. The summed E-state index contributed by atoms with van der Waals surface area (Å²) in [6.45, 7) is 0.723. The third-order valence-corrected chi connectivity index (χ3v) is 4.88. The number of fused-ring (bicyclic) bond motifs is 1. The summed E-state index contributed by atoms with van der Waals surface area (Å²) in [6.07, 6.45) is 7.92. The molecule has 1 fully saturated rings. The Balaban J connectivity index is 1.46. The molecule has 23 heavy (non-hydrogen) atoms. The Morgan fingerprint density at radius 1 is 1.26 bits per heavy atom.